The summed E-state index contributed by atoms with van der Waals surface area (Å²) in [5.74, 6) is -0.373. The van der Waals surface area contributed by atoms with Crippen LogP contribution in [0, 0.1) is 17.1 Å². The maximum absolute atomic E-state index is 13.1. The molecule has 0 atom stereocenters. The smallest absolute Gasteiger partial charge is 0.148 e. The van der Waals surface area contributed by atoms with E-state index >= 15 is 0 Å². The summed E-state index contributed by atoms with van der Waals surface area (Å²) in [5, 5.41) is 9.13. The third kappa shape index (κ3) is 1.54. The number of pyridine rings is 1. The van der Waals surface area contributed by atoms with Crippen molar-refractivity contribution in [3.63, 3.8) is 0 Å². The maximum atomic E-state index is 13.1. The fourth-order valence-corrected chi connectivity index (χ4v) is 1.65. The molecule has 16 heavy (non-hydrogen) atoms. The Kier molecular flexibility index (Phi) is 2.20. The van der Waals surface area contributed by atoms with E-state index in [2.05, 4.69) is 11.1 Å². The van der Waals surface area contributed by atoms with E-state index in [-0.39, 0.29) is 11.2 Å². The number of nitriles is 1. The van der Waals surface area contributed by atoms with Crippen LogP contribution in [0.2, 0.25) is 0 Å². The van der Waals surface area contributed by atoms with Crippen molar-refractivity contribution in [2.24, 2.45) is 0 Å². The van der Waals surface area contributed by atoms with Crippen molar-refractivity contribution in [1.82, 2.24) is 9.38 Å². The van der Waals surface area contributed by atoms with Crippen LogP contribution in [0.5, 0.6) is 0 Å². The number of aromatic nitrogens is 2. The second-order valence-electron chi connectivity index (χ2n) is 4.75. The Balaban J connectivity index is 2.84. The molecule has 0 spiro atoms. The molecule has 0 N–H and O–H groups in total. The Bertz CT molecular complexity index is 585. The molecule has 0 bridgehead atoms. The van der Waals surface area contributed by atoms with Crippen molar-refractivity contribution in [2.75, 3.05) is 0 Å². The Morgan fingerprint density at radius 1 is 1.38 bits per heavy atom. The molecule has 0 saturated heterocycles. The van der Waals surface area contributed by atoms with Gasteiger partial charge in [0.2, 0.25) is 0 Å². The van der Waals surface area contributed by atoms with Crippen LogP contribution in [-0.4, -0.2) is 9.38 Å². The van der Waals surface area contributed by atoms with Crippen LogP contribution in [0.15, 0.2) is 18.3 Å². The molecule has 0 aliphatic heterocycles. The highest BCUT2D eigenvalue weighted by atomic mass is 19.1. The van der Waals surface area contributed by atoms with E-state index in [9.17, 15) is 4.39 Å². The number of fused-ring (bicyclic) bond motifs is 1. The zero-order valence-electron chi connectivity index (χ0n) is 9.45. The van der Waals surface area contributed by atoms with E-state index in [0.29, 0.717) is 17.0 Å². The Morgan fingerprint density at radius 3 is 2.62 bits per heavy atom. The van der Waals surface area contributed by atoms with E-state index in [4.69, 9.17) is 5.26 Å². The third-order valence-corrected chi connectivity index (χ3v) is 2.40. The van der Waals surface area contributed by atoms with E-state index in [1.54, 1.807) is 6.07 Å². The molecule has 4 heteroatoms. The van der Waals surface area contributed by atoms with Crippen molar-refractivity contribution in [3.05, 3.63) is 35.5 Å². The van der Waals surface area contributed by atoms with Crippen LogP contribution in [-0.2, 0) is 5.41 Å². The van der Waals surface area contributed by atoms with E-state index in [1.807, 2.05) is 20.8 Å². The van der Waals surface area contributed by atoms with Crippen LogP contribution in [0.1, 0.15) is 32.2 Å². The number of nitrogens with zero attached hydrogens (tertiary/aromatic N) is 3. The third-order valence-electron chi connectivity index (χ3n) is 2.40. The minimum atomic E-state index is -0.373. The van der Waals surface area contributed by atoms with Gasteiger partial charge in [0.05, 0.1) is 5.69 Å². The van der Waals surface area contributed by atoms with Crippen LogP contribution >= 0.6 is 0 Å². The molecule has 2 heterocycles. The number of hydrogen-bond donors (Lipinski definition) is 0. The first-order chi connectivity index (χ1) is 7.43. The molecule has 0 aliphatic carbocycles. The summed E-state index contributed by atoms with van der Waals surface area (Å²) in [6.45, 7) is 5.93. The molecule has 2 rings (SSSR count). The van der Waals surface area contributed by atoms with Gasteiger partial charge in [0.1, 0.15) is 23.2 Å². The van der Waals surface area contributed by atoms with Gasteiger partial charge in [0, 0.05) is 11.6 Å². The molecule has 2 aromatic rings. The van der Waals surface area contributed by atoms with Crippen molar-refractivity contribution in [1.29, 1.82) is 5.26 Å². The minimum Gasteiger partial charge on any atom is -0.288 e. The van der Waals surface area contributed by atoms with Crippen LogP contribution in [0.3, 0.4) is 0 Å². The standard InChI is InChI=1S/C12H12FN3/c1-12(2,3)11-9(6-14)16-7-8(13)4-5-10(16)15-11/h4-5,7H,1-3H3. The van der Waals surface area contributed by atoms with E-state index in [0.717, 1.165) is 0 Å². The highest BCUT2D eigenvalue weighted by molar-refractivity contribution is 5.49. The lowest BCUT2D eigenvalue weighted by Gasteiger charge is -2.15. The fraction of sp³-hybridized carbons (Fsp3) is 0.333. The summed E-state index contributed by atoms with van der Waals surface area (Å²) in [4.78, 5) is 4.37. The first-order valence-corrected chi connectivity index (χ1v) is 5.01. The summed E-state index contributed by atoms with van der Waals surface area (Å²) in [7, 11) is 0. The molecule has 0 fully saturated rings. The lowest BCUT2D eigenvalue weighted by atomic mass is 9.91. The molecular formula is C12H12FN3. The molecule has 82 valence electrons. The van der Waals surface area contributed by atoms with Gasteiger partial charge in [-0.1, -0.05) is 20.8 Å². The van der Waals surface area contributed by atoms with Gasteiger partial charge in [-0.15, -0.1) is 0 Å². The van der Waals surface area contributed by atoms with E-state index < -0.39 is 0 Å². The van der Waals surface area contributed by atoms with Crippen LogP contribution in [0.25, 0.3) is 5.65 Å². The van der Waals surface area contributed by atoms with Gasteiger partial charge in [-0.05, 0) is 12.1 Å². The summed E-state index contributed by atoms with van der Waals surface area (Å²) >= 11 is 0. The fourth-order valence-electron chi connectivity index (χ4n) is 1.65. The topological polar surface area (TPSA) is 41.1 Å². The largest absolute Gasteiger partial charge is 0.288 e. The lowest BCUT2D eigenvalue weighted by molar-refractivity contribution is 0.570. The van der Waals surface area contributed by atoms with Gasteiger partial charge in [-0.25, -0.2) is 9.37 Å². The molecule has 0 saturated carbocycles. The van der Waals surface area contributed by atoms with Gasteiger partial charge < -0.3 is 0 Å². The first kappa shape index (κ1) is 10.6. The predicted molar refractivity (Wildman–Crippen MR) is 58.6 cm³/mol. The number of imidazole rings is 1. The highest BCUT2D eigenvalue weighted by Gasteiger charge is 2.23. The molecule has 0 aliphatic rings. The molecule has 3 nitrogen and oxygen atoms in total. The number of rotatable bonds is 0. The minimum absolute atomic E-state index is 0.229. The maximum Gasteiger partial charge on any atom is 0.148 e. The van der Waals surface area contributed by atoms with Gasteiger partial charge in [0.25, 0.3) is 0 Å². The number of halogens is 1. The Morgan fingerprint density at radius 2 is 2.06 bits per heavy atom. The van der Waals surface area contributed by atoms with Gasteiger partial charge in [-0.2, -0.15) is 5.26 Å². The van der Waals surface area contributed by atoms with Crippen molar-refractivity contribution >= 4 is 5.65 Å². The molecular weight excluding hydrogens is 205 g/mol. The Labute approximate surface area is 93.2 Å². The van der Waals surface area contributed by atoms with Crippen LogP contribution in [0.4, 0.5) is 4.39 Å². The van der Waals surface area contributed by atoms with Crippen molar-refractivity contribution in [3.8, 4) is 6.07 Å². The molecule has 0 unspecified atom stereocenters. The summed E-state index contributed by atoms with van der Waals surface area (Å²) in [6, 6.07) is 5.00. The zero-order valence-corrected chi connectivity index (χ0v) is 9.45. The van der Waals surface area contributed by atoms with Gasteiger partial charge in [-0.3, -0.25) is 4.40 Å². The van der Waals surface area contributed by atoms with Crippen molar-refractivity contribution in [2.45, 2.75) is 26.2 Å². The SMILES string of the molecule is CC(C)(C)c1nc2ccc(F)cn2c1C#N. The summed E-state index contributed by atoms with van der Waals surface area (Å²) in [6.07, 6.45) is 1.29. The molecule has 0 radical (unpaired) electrons. The molecule has 0 amide bonds. The average Bonchev–Trinajstić information content (AvgIpc) is 2.54. The van der Waals surface area contributed by atoms with Gasteiger partial charge >= 0.3 is 0 Å². The zero-order chi connectivity index (χ0) is 11.9. The van der Waals surface area contributed by atoms with Crippen molar-refractivity contribution < 1.29 is 4.39 Å². The second kappa shape index (κ2) is 3.31. The van der Waals surface area contributed by atoms with E-state index in [1.165, 1.54) is 16.7 Å². The lowest BCUT2D eigenvalue weighted by Crippen LogP contribution is -2.13. The Hall–Kier alpha value is -1.89. The monoisotopic (exact) mass is 217 g/mol. The summed E-state index contributed by atoms with van der Waals surface area (Å²) < 4.78 is 14.6. The average molecular weight is 217 g/mol. The molecule has 2 aromatic heterocycles. The first-order valence-electron chi connectivity index (χ1n) is 5.01. The number of hydrogen-bond acceptors (Lipinski definition) is 2. The van der Waals surface area contributed by atoms with Crippen LogP contribution < -0.4 is 0 Å². The second-order valence-corrected chi connectivity index (χ2v) is 4.75. The molecule has 0 aromatic carbocycles. The quantitative estimate of drug-likeness (QED) is 0.680. The summed E-state index contributed by atoms with van der Waals surface area (Å²) in [5.41, 5.74) is 1.47. The normalized spacial score (nSPS) is 11.7. The predicted octanol–water partition coefficient (Wildman–Crippen LogP) is 2.64. The highest BCUT2D eigenvalue weighted by Crippen LogP contribution is 2.25. The van der Waals surface area contributed by atoms with Gasteiger partial charge in [0.15, 0.2) is 0 Å².